The molecular formula is C10H13NO2. The van der Waals surface area contributed by atoms with Crippen molar-refractivity contribution in [3.8, 4) is 0 Å². The molecule has 0 saturated carbocycles. The van der Waals surface area contributed by atoms with Gasteiger partial charge in [0.1, 0.15) is 0 Å². The number of hydrogen-bond acceptors (Lipinski definition) is 2. The van der Waals surface area contributed by atoms with E-state index in [0.717, 1.165) is 5.56 Å². The molecule has 1 aromatic carbocycles. The zero-order chi connectivity index (χ0) is 9.68. The van der Waals surface area contributed by atoms with Gasteiger partial charge in [-0.3, -0.25) is 4.79 Å². The van der Waals surface area contributed by atoms with Crippen molar-refractivity contribution in [2.24, 2.45) is 0 Å². The molecule has 2 N–H and O–H groups in total. The van der Waals surface area contributed by atoms with Crippen molar-refractivity contribution in [3.63, 3.8) is 0 Å². The molecule has 1 aromatic rings. The Morgan fingerprint density at radius 3 is 2.08 bits per heavy atom. The first-order valence-electron chi connectivity index (χ1n) is 4.20. The number of nitrogens with one attached hydrogen (secondary N) is 1. The Bertz CT molecular complexity index is 264. The third-order valence-electron chi connectivity index (χ3n) is 1.60. The van der Waals surface area contributed by atoms with E-state index < -0.39 is 0 Å². The van der Waals surface area contributed by atoms with Gasteiger partial charge in [0.25, 0.3) is 0 Å². The summed E-state index contributed by atoms with van der Waals surface area (Å²) < 4.78 is 0. The van der Waals surface area contributed by atoms with E-state index in [0.29, 0.717) is 6.54 Å². The molecule has 1 amide bonds. The third-order valence-corrected chi connectivity index (χ3v) is 1.60. The number of carbonyl (C=O) groups excluding carboxylic acids is 1. The van der Waals surface area contributed by atoms with Gasteiger partial charge in [-0.25, -0.2) is 0 Å². The van der Waals surface area contributed by atoms with Gasteiger partial charge < -0.3 is 10.4 Å². The highest BCUT2D eigenvalue weighted by Gasteiger charge is 2.10. The summed E-state index contributed by atoms with van der Waals surface area (Å²) in [5.41, 5.74) is 0.970. The summed E-state index contributed by atoms with van der Waals surface area (Å²) in [4.78, 5) is 9.44. The van der Waals surface area contributed by atoms with Crippen molar-refractivity contribution in [1.29, 1.82) is 0 Å². The van der Waals surface area contributed by atoms with Crippen molar-refractivity contribution in [1.82, 2.24) is 5.32 Å². The molecule has 0 bridgehead atoms. The summed E-state index contributed by atoms with van der Waals surface area (Å²) in [6, 6.07) is 9.59. The molecule has 0 aliphatic carbocycles. The minimum Gasteiger partial charge on any atom is -0.389 e. The van der Waals surface area contributed by atoms with Crippen molar-refractivity contribution in [2.75, 3.05) is 6.54 Å². The maximum Gasteiger partial charge on any atom is 0.239 e. The van der Waals surface area contributed by atoms with E-state index in [9.17, 15) is 4.79 Å². The van der Waals surface area contributed by atoms with Gasteiger partial charge in [0.05, 0.1) is 12.6 Å². The number of rotatable bonds is 1. The summed E-state index contributed by atoms with van der Waals surface area (Å²) in [7, 11) is 0. The Labute approximate surface area is 77.4 Å². The Hall–Kier alpha value is -1.35. The quantitative estimate of drug-likeness (QED) is 0.628. The van der Waals surface area contributed by atoms with Crippen molar-refractivity contribution in [2.45, 2.75) is 13.0 Å². The van der Waals surface area contributed by atoms with Gasteiger partial charge in [-0.2, -0.15) is 0 Å². The average molecular weight is 179 g/mol. The minimum atomic E-state index is -0.341. The summed E-state index contributed by atoms with van der Waals surface area (Å²) in [6.07, 6.45) is -0.341. The molecule has 3 heteroatoms. The molecule has 1 atom stereocenters. The van der Waals surface area contributed by atoms with E-state index in [2.05, 4.69) is 5.32 Å². The van der Waals surface area contributed by atoms with Gasteiger partial charge in [0, 0.05) is 0 Å². The number of benzene rings is 1. The van der Waals surface area contributed by atoms with Gasteiger partial charge >= 0.3 is 0 Å². The second kappa shape index (κ2) is 4.62. The molecule has 1 aliphatic rings. The van der Waals surface area contributed by atoms with Gasteiger partial charge in [0.2, 0.25) is 5.91 Å². The molecule has 70 valence electrons. The molecule has 1 aliphatic heterocycles. The minimum absolute atomic E-state index is 0.167. The molecule has 0 radical (unpaired) electrons. The SMILES string of the molecule is CC(O)c1ccccc1.O=C1CN1. The molecule has 1 saturated heterocycles. The fourth-order valence-electron chi connectivity index (χ4n) is 0.768. The Morgan fingerprint density at radius 1 is 1.38 bits per heavy atom. The topological polar surface area (TPSA) is 59.2 Å². The number of carbonyl (C=O) groups is 1. The molecule has 1 unspecified atom stereocenters. The second-order valence-electron chi connectivity index (χ2n) is 2.86. The van der Waals surface area contributed by atoms with Crippen LogP contribution in [0.2, 0.25) is 0 Å². The first-order chi connectivity index (χ1) is 6.20. The molecule has 1 heterocycles. The first-order valence-corrected chi connectivity index (χ1v) is 4.20. The van der Waals surface area contributed by atoms with Crippen LogP contribution in [0.15, 0.2) is 30.3 Å². The van der Waals surface area contributed by atoms with Crippen LogP contribution in [0.3, 0.4) is 0 Å². The predicted octanol–water partition coefficient (Wildman–Crippen LogP) is 0.856. The van der Waals surface area contributed by atoms with Crippen LogP contribution in [-0.4, -0.2) is 17.6 Å². The van der Waals surface area contributed by atoms with E-state index in [4.69, 9.17) is 5.11 Å². The van der Waals surface area contributed by atoms with E-state index in [1.165, 1.54) is 0 Å². The van der Waals surface area contributed by atoms with Crippen molar-refractivity contribution < 1.29 is 9.90 Å². The van der Waals surface area contributed by atoms with Crippen LogP contribution in [0.4, 0.5) is 0 Å². The lowest BCUT2D eigenvalue weighted by molar-refractivity contribution is -0.110. The first kappa shape index (κ1) is 9.74. The maximum atomic E-state index is 9.44. The van der Waals surface area contributed by atoms with Crippen LogP contribution in [-0.2, 0) is 4.79 Å². The number of amides is 1. The summed E-state index contributed by atoms with van der Waals surface area (Å²) in [5, 5.41) is 11.5. The lowest BCUT2D eigenvalue weighted by Gasteiger charge is -2.00. The van der Waals surface area contributed by atoms with Crippen LogP contribution in [0.25, 0.3) is 0 Å². The van der Waals surface area contributed by atoms with Crippen LogP contribution < -0.4 is 5.32 Å². The highest BCUT2D eigenvalue weighted by molar-refractivity contribution is 5.91. The third kappa shape index (κ3) is 4.28. The largest absolute Gasteiger partial charge is 0.389 e. The predicted molar refractivity (Wildman–Crippen MR) is 50.1 cm³/mol. The normalized spacial score (nSPS) is 15.1. The Kier molecular flexibility index (Phi) is 3.46. The summed E-state index contributed by atoms with van der Waals surface area (Å²) >= 11 is 0. The van der Waals surface area contributed by atoms with Crippen LogP contribution >= 0.6 is 0 Å². The highest BCUT2D eigenvalue weighted by Crippen LogP contribution is 2.08. The molecule has 1 fully saturated rings. The fourth-order valence-corrected chi connectivity index (χ4v) is 0.768. The molecule has 13 heavy (non-hydrogen) atoms. The number of aliphatic hydroxyl groups is 1. The average Bonchev–Trinajstić information content (AvgIpc) is 2.90. The van der Waals surface area contributed by atoms with E-state index >= 15 is 0 Å². The van der Waals surface area contributed by atoms with Crippen molar-refractivity contribution >= 4 is 5.91 Å². The lowest BCUT2D eigenvalue weighted by atomic mass is 10.1. The van der Waals surface area contributed by atoms with Crippen molar-refractivity contribution in [3.05, 3.63) is 35.9 Å². The van der Waals surface area contributed by atoms with E-state index in [-0.39, 0.29) is 12.0 Å². The van der Waals surface area contributed by atoms with Gasteiger partial charge in [-0.05, 0) is 12.5 Å². The molecule has 2 rings (SSSR count). The van der Waals surface area contributed by atoms with Crippen LogP contribution in [0, 0.1) is 0 Å². The molecular weight excluding hydrogens is 166 g/mol. The van der Waals surface area contributed by atoms with Gasteiger partial charge in [-0.1, -0.05) is 30.3 Å². The van der Waals surface area contributed by atoms with E-state index in [1.807, 2.05) is 30.3 Å². The van der Waals surface area contributed by atoms with Gasteiger partial charge in [0.15, 0.2) is 0 Å². The zero-order valence-corrected chi connectivity index (χ0v) is 7.53. The van der Waals surface area contributed by atoms with Crippen LogP contribution in [0.5, 0.6) is 0 Å². The summed E-state index contributed by atoms with van der Waals surface area (Å²) in [6.45, 7) is 2.36. The number of hydrogen-bond donors (Lipinski definition) is 2. The fraction of sp³-hybridized carbons (Fsp3) is 0.300. The Morgan fingerprint density at radius 2 is 1.85 bits per heavy atom. The second-order valence-corrected chi connectivity index (χ2v) is 2.86. The smallest absolute Gasteiger partial charge is 0.239 e. The Balaban J connectivity index is 0.000000175. The molecule has 0 spiro atoms. The standard InChI is InChI=1S/C8H10O.C2H3NO/c1-7(9)8-5-3-2-4-6-8;4-2-1-3-2/h2-7,9H,1H3;1H2,(H,3,4). The number of aliphatic hydroxyl groups excluding tert-OH is 1. The highest BCUT2D eigenvalue weighted by atomic mass is 16.3. The maximum absolute atomic E-state index is 9.44. The summed E-state index contributed by atoms with van der Waals surface area (Å²) in [5.74, 6) is 0.167. The molecule has 0 aromatic heterocycles. The van der Waals surface area contributed by atoms with Gasteiger partial charge in [-0.15, -0.1) is 0 Å². The van der Waals surface area contributed by atoms with Crippen LogP contribution in [0.1, 0.15) is 18.6 Å². The zero-order valence-electron chi connectivity index (χ0n) is 7.53. The monoisotopic (exact) mass is 179 g/mol. The van der Waals surface area contributed by atoms with E-state index in [1.54, 1.807) is 6.92 Å². The molecule has 3 nitrogen and oxygen atoms in total. The lowest BCUT2D eigenvalue weighted by Crippen LogP contribution is -1.87.